The number of fused-ring (bicyclic) bond motifs is 1. The lowest BCUT2D eigenvalue weighted by atomic mass is 9.88. The highest BCUT2D eigenvalue weighted by atomic mass is 19.4. The lowest BCUT2D eigenvalue weighted by Crippen LogP contribution is -2.29. The van der Waals surface area contributed by atoms with Gasteiger partial charge >= 0.3 is 12.4 Å². The Balaban J connectivity index is 1.54. The third-order valence-electron chi connectivity index (χ3n) is 8.37. The quantitative estimate of drug-likeness (QED) is 0.262. The van der Waals surface area contributed by atoms with Crippen LogP contribution in [-0.2, 0) is 38.0 Å². The number of nitrogens with two attached hydrogens (primary N) is 1. The zero-order valence-corrected chi connectivity index (χ0v) is 22.9. The Kier molecular flexibility index (Phi) is 8.25. The molecule has 222 valence electrons. The van der Waals surface area contributed by atoms with Crippen LogP contribution in [0.25, 0.3) is 0 Å². The molecule has 11 heteroatoms. The van der Waals surface area contributed by atoms with Crippen molar-refractivity contribution in [3.05, 3.63) is 69.6 Å². The summed E-state index contributed by atoms with van der Waals surface area (Å²) in [5.41, 5.74) is 7.43. The smallest absolute Gasteiger partial charge is 0.371 e. The molecule has 0 spiro atoms. The molecule has 0 aliphatic heterocycles. The highest BCUT2D eigenvalue weighted by Gasteiger charge is 2.37. The molecule has 2 aromatic carbocycles. The highest BCUT2D eigenvalue weighted by molar-refractivity contribution is 5.59. The van der Waals surface area contributed by atoms with Crippen molar-refractivity contribution in [1.29, 1.82) is 0 Å². The third-order valence-corrected chi connectivity index (χ3v) is 8.37. The first-order chi connectivity index (χ1) is 19.4. The molecule has 2 aliphatic rings. The zero-order valence-electron chi connectivity index (χ0n) is 22.9. The first kappa shape index (κ1) is 29.3. The van der Waals surface area contributed by atoms with Crippen molar-refractivity contribution in [3.8, 4) is 0 Å². The lowest BCUT2D eigenvalue weighted by Gasteiger charge is -2.30. The number of hydrogen-bond donors (Lipinski definition) is 1. The standard InChI is InChI=1S/C30H34F6N4O/c1-2-40(17-18-6-3-4-7-18)26-15-21-9-5-8-20(21)13-22(26)14-23(27-38-28(37)39-41-27)10-19-11-24(29(31,32)33)16-25(12-19)30(34,35)36/h11-13,15-16,18,23H,2-10,14,17H2,1H3,(H2,37,39). The molecule has 0 saturated heterocycles. The average Bonchev–Trinajstić information content (AvgIpc) is 3.67. The van der Waals surface area contributed by atoms with Gasteiger partial charge in [0.15, 0.2) is 0 Å². The van der Waals surface area contributed by atoms with Gasteiger partial charge in [0.1, 0.15) is 0 Å². The van der Waals surface area contributed by atoms with Crippen molar-refractivity contribution >= 4 is 11.6 Å². The number of aryl methyl sites for hydroxylation is 2. The van der Waals surface area contributed by atoms with Crippen LogP contribution >= 0.6 is 0 Å². The first-order valence-electron chi connectivity index (χ1n) is 14.2. The summed E-state index contributed by atoms with van der Waals surface area (Å²) in [6.45, 7) is 3.79. The van der Waals surface area contributed by atoms with Crippen LogP contribution in [0, 0.1) is 5.92 Å². The Morgan fingerprint density at radius 3 is 2.10 bits per heavy atom. The van der Waals surface area contributed by atoms with Gasteiger partial charge in [-0.3, -0.25) is 0 Å². The van der Waals surface area contributed by atoms with Gasteiger partial charge in [-0.2, -0.15) is 31.3 Å². The number of rotatable bonds is 9. The molecule has 5 nitrogen and oxygen atoms in total. The van der Waals surface area contributed by atoms with Crippen LogP contribution in [0.4, 0.5) is 38.0 Å². The molecule has 41 heavy (non-hydrogen) atoms. The maximum atomic E-state index is 13.6. The van der Waals surface area contributed by atoms with Gasteiger partial charge in [0.25, 0.3) is 5.95 Å². The Morgan fingerprint density at radius 2 is 1.54 bits per heavy atom. The number of hydrogen-bond acceptors (Lipinski definition) is 5. The molecule has 0 radical (unpaired) electrons. The number of nitrogen functional groups attached to an aromatic ring is 1. The second kappa shape index (κ2) is 11.6. The van der Waals surface area contributed by atoms with E-state index in [9.17, 15) is 26.3 Å². The highest BCUT2D eigenvalue weighted by Crippen LogP contribution is 2.39. The molecule has 5 rings (SSSR count). The van der Waals surface area contributed by atoms with Gasteiger partial charge in [0.05, 0.1) is 11.1 Å². The molecular weight excluding hydrogens is 546 g/mol. The second-order valence-electron chi connectivity index (χ2n) is 11.3. The molecule has 2 N–H and O–H groups in total. The molecule has 1 aromatic heterocycles. The molecule has 1 fully saturated rings. The van der Waals surface area contributed by atoms with Crippen LogP contribution < -0.4 is 10.6 Å². The number of halogens is 6. The van der Waals surface area contributed by atoms with E-state index < -0.39 is 29.4 Å². The van der Waals surface area contributed by atoms with E-state index in [1.54, 1.807) is 0 Å². The Morgan fingerprint density at radius 1 is 0.902 bits per heavy atom. The fourth-order valence-electron chi connectivity index (χ4n) is 6.37. The normalized spacial score (nSPS) is 16.8. The molecule has 1 atom stereocenters. The minimum Gasteiger partial charge on any atom is -0.371 e. The van der Waals surface area contributed by atoms with Crippen molar-refractivity contribution < 1.29 is 30.9 Å². The van der Waals surface area contributed by atoms with Crippen molar-refractivity contribution in [3.63, 3.8) is 0 Å². The molecular formula is C30H34F6N4O. The van der Waals surface area contributed by atoms with Crippen LogP contribution in [0.5, 0.6) is 0 Å². The molecule has 1 saturated carbocycles. The van der Waals surface area contributed by atoms with Crippen LogP contribution in [-0.4, -0.2) is 23.2 Å². The number of alkyl halides is 6. The van der Waals surface area contributed by atoms with Crippen LogP contribution in [0.2, 0.25) is 0 Å². The second-order valence-corrected chi connectivity index (χ2v) is 11.3. The van der Waals surface area contributed by atoms with Crippen LogP contribution in [0.1, 0.15) is 84.2 Å². The van der Waals surface area contributed by atoms with Gasteiger partial charge in [0.2, 0.25) is 5.89 Å². The molecule has 1 heterocycles. The van der Waals surface area contributed by atoms with Gasteiger partial charge < -0.3 is 15.2 Å². The van der Waals surface area contributed by atoms with E-state index in [1.165, 1.54) is 36.8 Å². The maximum Gasteiger partial charge on any atom is 0.416 e. The summed E-state index contributed by atoms with van der Waals surface area (Å²) < 4.78 is 86.9. The summed E-state index contributed by atoms with van der Waals surface area (Å²) in [5, 5.41) is 3.66. The maximum absolute atomic E-state index is 13.6. The van der Waals surface area contributed by atoms with E-state index in [0.29, 0.717) is 12.3 Å². The van der Waals surface area contributed by atoms with Crippen molar-refractivity contribution in [2.45, 2.75) is 83.0 Å². The van der Waals surface area contributed by atoms with Gasteiger partial charge in [0, 0.05) is 24.7 Å². The summed E-state index contributed by atoms with van der Waals surface area (Å²) >= 11 is 0. The van der Waals surface area contributed by atoms with Crippen LogP contribution in [0.15, 0.2) is 34.9 Å². The first-order valence-corrected chi connectivity index (χ1v) is 14.2. The van der Waals surface area contributed by atoms with Gasteiger partial charge in [-0.05, 0) is 109 Å². The fourth-order valence-corrected chi connectivity index (χ4v) is 6.37. The monoisotopic (exact) mass is 580 g/mol. The van der Waals surface area contributed by atoms with E-state index in [4.69, 9.17) is 10.3 Å². The minimum atomic E-state index is -4.94. The summed E-state index contributed by atoms with van der Waals surface area (Å²) in [6, 6.07) is 6.05. The molecule has 3 aromatic rings. The van der Waals surface area contributed by atoms with Gasteiger partial charge in [-0.1, -0.05) is 18.9 Å². The average molecular weight is 581 g/mol. The Bertz CT molecular complexity index is 1330. The van der Waals surface area contributed by atoms with Crippen molar-refractivity contribution in [2.75, 3.05) is 23.7 Å². The zero-order chi connectivity index (χ0) is 29.4. The number of nitrogens with zero attached hydrogens (tertiary/aromatic N) is 3. The van der Waals surface area contributed by atoms with Crippen LogP contribution in [0.3, 0.4) is 0 Å². The van der Waals surface area contributed by atoms with E-state index in [0.717, 1.165) is 55.7 Å². The summed E-state index contributed by atoms with van der Waals surface area (Å²) in [7, 11) is 0. The SMILES string of the molecule is CCN(CC1CCCC1)c1cc2c(cc1CC(Cc1cc(C(F)(F)F)cc(C(F)(F)F)c1)c1nc(N)no1)CCC2. The van der Waals surface area contributed by atoms with Gasteiger partial charge in [-0.25, -0.2) is 0 Å². The number of benzene rings is 2. The summed E-state index contributed by atoms with van der Waals surface area (Å²) in [4.78, 5) is 6.49. The summed E-state index contributed by atoms with van der Waals surface area (Å²) in [5.74, 6) is -0.157. The van der Waals surface area contributed by atoms with E-state index in [2.05, 4.69) is 34.1 Å². The predicted molar refractivity (Wildman–Crippen MR) is 144 cm³/mol. The van der Waals surface area contributed by atoms with Crippen molar-refractivity contribution in [2.24, 2.45) is 5.92 Å². The van der Waals surface area contributed by atoms with E-state index in [1.807, 2.05) is 0 Å². The molecule has 0 bridgehead atoms. The molecule has 1 unspecified atom stereocenters. The topological polar surface area (TPSA) is 68.2 Å². The van der Waals surface area contributed by atoms with E-state index in [-0.39, 0.29) is 29.9 Å². The molecule has 0 amide bonds. The predicted octanol–water partition coefficient (Wildman–Crippen LogP) is 7.76. The lowest BCUT2D eigenvalue weighted by molar-refractivity contribution is -0.143. The van der Waals surface area contributed by atoms with E-state index >= 15 is 0 Å². The van der Waals surface area contributed by atoms with Gasteiger partial charge in [-0.15, -0.1) is 0 Å². The fraction of sp³-hybridized carbons (Fsp3) is 0.533. The van der Waals surface area contributed by atoms with Crippen molar-refractivity contribution in [1.82, 2.24) is 10.1 Å². The Labute approximate surface area is 235 Å². The molecule has 2 aliphatic carbocycles. The number of aromatic nitrogens is 2. The Hall–Kier alpha value is -3.24. The minimum absolute atomic E-state index is 0.0822. The largest absolute Gasteiger partial charge is 0.416 e. The third kappa shape index (κ3) is 6.81. The summed E-state index contributed by atoms with van der Waals surface area (Å²) in [6.07, 6.45) is -1.99. The number of anilines is 2.